The molecule has 16 heavy (non-hydrogen) atoms. The third kappa shape index (κ3) is 1.80. The van der Waals surface area contributed by atoms with Crippen molar-refractivity contribution in [2.75, 3.05) is 0 Å². The van der Waals surface area contributed by atoms with Crippen LogP contribution in [0.1, 0.15) is 53.4 Å². The standard InChI is InChI=1S/C14H25ClO/c1-9-5-6-12-13(3,4)8-11(15)10(2)14(12,16)7-9/h9-12,16H,5-8H2,1-4H3/t9-,10-,11+,12+,14-/m1/s1. The Morgan fingerprint density at radius 1 is 1.12 bits per heavy atom. The fraction of sp³-hybridized carbons (Fsp3) is 1.00. The van der Waals surface area contributed by atoms with Gasteiger partial charge in [0.25, 0.3) is 0 Å². The molecule has 0 aromatic rings. The number of halogens is 1. The molecule has 0 aromatic heterocycles. The van der Waals surface area contributed by atoms with Crippen molar-refractivity contribution in [3.8, 4) is 0 Å². The minimum atomic E-state index is -0.522. The first-order chi connectivity index (χ1) is 7.27. The Hall–Kier alpha value is 0.250. The highest BCUT2D eigenvalue weighted by atomic mass is 35.5. The van der Waals surface area contributed by atoms with Crippen LogP contribution < -0.4 is 0 Å². The van der Waals surface area contributed by atoms with E-state index >= 15 is 0 Å². The van der Waals surface area contributed by atoms with Crippen molar-refractivity contribution in [1.29, 1.82) is 0 Å². The maximum Gasteiger partial charge on any atom is 0.0722 e. The maximum absolute atomic E-state index is 11.1. The lowest BCUT2D eigenvalue weighted by atomic mass is 9.52. The van der Waals surface area contributed by atoms with Crippen molar-refractivity contribution >= 4 is 11.6 Å². The van der Waals surface area contributed by atoms with Gasteiger partial charge in [0, 0.05) is 11.3 Å². The fourth-order valence-corrected chi connectivity index (χ4v) is 4.82. The monoisotopic (exact) mass is 244 g/mol. The summed E-state index contributed by atoms with van der Waals surface area (Å²) in [6, 6.07) is 0. The number of aliphatic hydroxyl groups is 1. The predicted molar refractivity (Wildman–Crippen MR) is 68.7 cm³/mol. The molecule has 0 spiro atoms. The first kappa shape index (κ1) is 12.7. The van der Waals surface area contributed by atoms with E-state index < -0.39 is 5.60 Å². The molecule has 0 aromatic carbocycles. The van der Waals surface area contributed by atoms with Gasteiger partial charge in [-0.2, -0.15) is 0 Å². The zero-order valence-corrected chi connectivity index (χ0v) is 11.7. The molecule has 0 unspecified atom stereocenters. The molecule has 0 heterocycles. The van der Waals surface area contributed by atoms with E-state index in [1.165, 1.54) is 12.8 Å². The molecular formula is C14H25ClO. The van der Waals surface area contributed by atoms with E-state index in [1.54, 1.807) is 0 Å². The summed E-state index contributed by atoms with van der Waals surface area (Å²) in [6.07, 6.45) is 4.40. The van der Waals surface area contributed by atoms with Crippen LogP contribution in [0.25, 0.3) is 0 Å². The highest BCUT2D eigenvalue weighted by Gasteiger charge is 2.56. The van der Waals surface area contributed by atoms with Crippen molar-refractivity contribution in [3.05, 3.63) is 0 Å². The van der Waals surface area contributed by atoms with Gasteiger partial charge in [-0.1, -0.05) is 34.1 Å². The Morgan fingerprint density at radius 3 is 2.38 bits per heavy atom. The lowest BCUT2D eigenvalue weighted by molar-refractivity contribution is -0.165. The molecule has 5 atom stereocenters. The van der Waals surface area contributed by atoms with E-state index in [0.717, 1.165) is 12.8 Å². The first-order valence-corrected chi connectivity index (χ1v) is 7.07. The van der Waals surface area contributed by atoms with Crippen LogP contribution in [-0.4, -0.2) is 16.1 Å². The van der Waals surface area contributed by atoms with E-state index in [-0.39, 0.29) is 16.7 Å². The maximum atomic E-state index is 11.1. The predicted octanol–water partition coefficient (Wildman–Crippen LogP) is 3.83. The van der Waals surface area contributed by atoms with Gasteiger partial charge in [0.2, 0.25) is 0 Å². The molecule has 2 aliphatic carbocycles. The van der Waals surface area contributed by atoms with Crippen molar-refractivity contribution < 1.29 is 5.11 Å². The van der Waals surface area contributed by atoms with E-state index in [1.807, 2.05) is 0 Å². The molecule has 1 nitrogen and oxygen atoms in total. The molecule has 2 heteroatoms. The summed E-state index contributed by atoms with van der Waals surface area (Å²) in [5.41, 5.74) is -0.334. The minimum Gasteiger partial charge on any atom is -0.389 e. The molecule has 2 saturated carbocycles. The van der Waals surface area contributed by atoms with Gasteiger partial charge in [0.1, 0.15) is 0 Å². The van der Waals surface area contributed by atoms with E-state index in [4.69, 9.17) is 11.6 Å². The van der Waals surface area contributed by atoms with Crippen molar-refractivity contribution in [2.24, 2.45) is 23.2 Å². The molecule has 1 N–H and O–H groups in total. The summed E-state index contributed by atoms with van der Waals surface area (Å²) in [6.45, 7) is 8.95. The van der Waals surface area contributed by atoms with Crippen LogP contribution in [-0.2, 0) is 0 Å². The average Bonchev–Trinajstić information content (AvgIpc) is 2.13. The van der Waals surface area contributed by atoms with Crippen LogP contribution in [0.3, 0.4) is 0 Å². The zero-order valence-electron chi connectivity index (χ0n) is 11.0. The first-order valence-electron chi connectivity index (χ1n) is 6.64. The lowest BCUT2D eigenvalue weighted by Crippen LogP contribution is -2.60. The Morgan fingerprint density at radius 2 is 1.75 bits per heavy atom. The smallest absolute Gasteiger partial charge is 0.0722 e. The highest BCUT2D eigenvalue weighted by Crippen LogP contribution is 2.57. The molecule has 0 bridgehead atoms. The second kappa shape index (κ2) is 3.88. The molecule has 2 fully saturated rings. The summed E-state index contributed by atoms with van der Waals surface area (Å²) < 4.78 is 0. The molecule has 0 amide bonds. The quantitative estimate of drug-likeness (QED) is 0.643. The van der Waals surface area contributed by atoms with Gasteiger partial charge in [-0.05, 0) is 36.5 Å². The summed E-state index contributed by atoms with van der Waals surface area (Å²) in [4.78, 5) is 0. The Kier molecular flexibility index (Phi) is 3.08. The summed E-state index contributed by atoms with van der Waals surface area (Å²) >= 11 is 6.45. The van der Waals surface area contributed by atoms with Gasteiger partial charge < -0.3 is 5.11 Å². The van der Waals surface area contributed by atoms with Gasteiger partial charge in [0.05, 0.1) is 5.60 Å². The summed E-state index contributed by atoms with van der Waals surface area (Å²) in [5.74, 6) is 1.30. The normalized spacial score (nSPS) is 52.1. The molecule has 94 valence electrons. The average molecular weight is 245 g/mol. The number of fused-ring (bicyclic) bond motifs is 1. The number of hydrogen-bond donors (Lipinski definition) is 1. The van der Waals surface area contributed by atoms with Gasteiger partial charge >= 0.3 is 0 Å². The Bertz CT molecular complexity index is 276. The SMILES string of the molecule is C[C@@H]1CC[C@H]2C(C)(C)C[C@H](Cl)[C@@H](C)[C@]2(O)C1. The lowest BCUT2D eigenvalue weighted by Gasteiger charge is -2.58. The van der Waals surface area contributed by atoms with Crippen LogP contribution >= 0.6 is 11.6 Å². The molecular weight excluding hydrogens is 220 g/mol. The fourth-order valence-electron chi connectivity index (χ4n) is 4.21. The molecule has 2 rings (SSSR count). The van der Waals surface area contributed by atoms with Gasteiger partial charge in [0.15, 0.2) is 0 Å². The largest absolute Gasteiger partial charge is 0.389 e. The van der Waals surface area contributed by atoms with Gasteiger partial charge in [-0.3, -0.25) is 0 Å². The van der Waals surface area contributed by atoms with Crippen LogP contribution in [0, 0.1) is 23.2 Å². The van der Waals surface area contributed by atoms with Crippen molar-refractivity contribution in [2.45, 2.75) is 64.4 Å². The second-order valence-electron chi connectivity index (χ2n) is 6.93. The minimum absolute atomic E-state index is 0.126. The molecule has 0 saturated heterocycles. The van der Waals surface area contributed by atoms with Crippen LogP contribution in [0.4, 0.5) is 0 Å². The van der Waals surface area contributed by atoms with Crippen LogP contribution in [0.2, 0.25) is 0 Å². The van der Waals surface area contributed by atoms with E-state index in [9.17, 15) is 5.11 Å². The molecule has 0 radical (unpaired) electrons. The summed E-state index contributed by atoms with van der Waals surface area (Å²) in [7, 11) is 0. The molecule has 2 aliphatic rings. The third-order valence-electron chi connectivity index (χ3n) is 5.22. The topological polar surface area (TPSA) is 20.2 Å². The Labute approximate surface area is 105 Å². The van der Waals surface area contributed by atoms with Crippen LogP contribution in [0.5, 0.6) is 0 Å². The number of rotatable bonds is 0. The number of hydrogen-bond acceptors (Lipinski definition) is 1. The van der Waals surface area contributed by atoms with Gasteiger partial charge in [-0.25, -0.2) is 0 Å². The van der Waals surface area contributed by atoms with Crippen LogP contribution in [0.15, 0.2) is 0 Å². The molecule has 0 aliphatic heterocycles. The number of alkyl halides is 1. The van der Waals surface area contributed by atoms with Crippen molar-refractivity contribution in [1.82, 2.24) is 0 Å². The van der Waals surface area contributed by atoms with Gasteiger partial charge in [-0.15, -0.1) is 11.6 Å². The highest BCUT2D eigenvalue weighted by molar-refractivity contribution is 6.21. The zero-order chi connectivity index (χ0) is 12.1. The Balaban J connectivity index is 2.33. The third-order valence-corrected chi connectivity index (χ3v) is 5.75. The van der Waals surface area contributed by atoms with E-state index in [0.29, 0.717) is 11.8 Å². The second-order valence-corrected chi connectivity index (χ2v) is 7.49. The summed E-state index contributed by atoms with van der Waals surface area (Å²) in [5, 5.41) is 11.2. The van der Waals surface area contributed by atoms with Crippen molar-refractivity contribution in [3.63, 3.8) is 0 Å². The van der Waals surface area contributed by atoms with E-state index in [2.05, 4.69) is 27.7 Å².